The van der Waals surface area contributed by atoms with E-state index in [-0.39, 0.29) is 0 Å². The molecule has 1 aliphatic rings. The first-order chi connectivity index (χ1) is 22.4. The van der Waals surface area contributed by atoms with Crippen LogP contribution in [0.4, 0.5) is 22.7 Å². The van der Waals surface area contributed by atoms with Crippen molar-refractivity contribution in [2.75, 3.05) is 88.5 Å². The van der Waals surface area contributed by atoms with Crippen LogP contribution < -0.4 is 19.6 Å². The summed E-state index contributed by atoms with van der Waals surface area (Å²) in [5.74, 6) is 14.7. The molecular weight excluding hydrogens is 593 g/mol. The smallest absolute Gasteiger partial charge is 0.0534 e. The van der Waals surface area contributed by atoms with Crippen LogP contribution in [0.1, 0.15) is 22.3 Å². The fraction of sp³-hybridized carbons (Fsp3) is 0.238. The van der Waals surface area contributed by atoms with Crippen molar-refractivity contribution in [1.29, 1.82) is 0 Å². The summed E-state index contributed by atoms with van der Waals surface area (Å²) in [5.41, 5.74) is 11.2. The Bertz CT molecular complexity index is 1760. The summed E-state index contributed by atoms with van der Waals surface area (Å²) in [7, 11) is 15.0. The number of anilines is 4. The summed E-state index contributed by atoms with van der Waals surface area (Å²) >= 11 is 0. The lowest BCUT2D eigenvalue weighted by atomic mass is 9.91. The topological polar surface area (TPSA) is 13.0 Å². The summed E-state index contributed by atoms with van der Waals surface area (Å²) in [5, 5.41) is 0. The van der Waals surface area contributed by atoms with E-state index in [0.717, 1.165) is 54.8 Å². The first-order valence-electron chi connectivity index (χ1n) is 15.7. The van der Waals surface area contributed by atoms with Crippen LogP contribution in [0.3, 0.4) is 0 Å². The Balaban J connectivity index is 1.77. The first-order valence-corrected chi connectivity index (χ1v) is 18.2. The number of benzene rings is 4. The van der Waals surface area contributed by atoms with E-state index in [2.05, 4.69) is 209 Å². The number of rotatable bonds is 6. The second-order valence-electron chi connectivity index (χ2n) is 13.0. The van der Waals surface area contributed by atoms with Gasteiger partial charge in [0.25, 0.3) is 0 Å². The third-order valence-corrected chi connectivity index (χ3v) is 11.0. The van der Waals surface area contributed by atoms with Crippen molar-refractivity contribution >= 4 is 43.9 Å². The molecule has 4 aromatic carbocycles. The molecule has 0 bridgehead atoms. The van der Waals surface area contributed by atoms with Gasteiger partial charge in [0.1, 0.15) is 0 Å². The van der Waals surface area contributed by atoms with Gasteiger partial charge in [-0.1, -0.05) is 84.3 Å². The molecule has 4 nitrogen and oxygen atoms in total. The van der Waals surface area contributed by atoms with E-state index in [1.54, 1.807) is 0 Å². The molecule has 0 atom stereocenters. The monoisotopic (exact) mass is 638 g/mol. The highest BCUT2D eigenvalue weighted by Gasteiger charge is 2.36. The fourth-order valence-corrected chi connectivity index (χ4v) is 7.88. The Morgan fingerprint density at radius 3 is 0.979 bits per heavy atom. The van der Waals surface area contributed by atoms with Crippen molar-refractivity contribution in [3.63, 3.8) is 0 Å². The molecule has 0 saturated carbocycles. The second kappa shape index (κ2) is 13.8. The largest absolute Gasteiger partial charge is 0.378 e. The van der Waals surface area contributed by atoms with E-state index in [1.165, 1.54) is 11.1 Å². The van der Waals surface area contributed by atoms with Crippen LogP contribution in [-0.4, -0.2) is 68.9 Å². The highest BCUT2D eigenvalue weighted by Crippen LogP contribution is 2.67. The van der Waals surface area contributed by atoms with Crippen LogP contribution in [0.2, 0.25) is 0 Å². The van der Waals surface area contributed by atoms with Gasteiger partial charge < -0.3 is 19.6 Å². The van der Waals surface area contributed by atoms with Gasteiger partial charge in [-0.15, -0.1) is 0 Å². The van der Waals surface area contributed by atoms with E-state index in [4.69, 9.17) is 0 Å². The zero-order chi connectivity index (χ0) is 33.9. The van der Waals surface area contributed by atoms with Gasteiger partial charge in [-0.05, 0) is 60.0 Å². The third kappa shape index (κ3) is 7.22. The molecule has 5 heteroatoms. The van der Waals surface area contributed by atoms with Crippen LogP contribution in [0.15, 0.2) is 107 Å². The molecule has 0 spiro atoms. The Labute approximate surface area is 284 Å². The molecule has 1 heterocycles. The molecular formula is C42H46N4S. The summed E-state index contributed by atoms with van der Waals surface area (Å²) < 4.78 is 0. The molecule has 0 N–H and O–H groups in total. The highest BCUT2D eigenvalue weighted by molar-refractivity contribution is 8.39. The number of hydrogen-bond acceptors (Lipinski definition) is 4. The summed E-state index contributed by atoms with van der Waals surface area (Å²) in [4.78, 5) is 10.8. The van der Waals surface area contributed by atoms with Gasteiger partial charge in [-0.25, -0.2) is 0 Å². The molecule has 5 rings (SSSR count). The van der Waals surface area contributed by atoms with Crippen LogP contribution in [0.25, 0.3) is 11.1 Å². The van der Waals surface area contributed by atoms with Crippen LogP contribution >= 0.6 is 10.0 Å². The first kappa shape index (κ1) is 33.4. The van der Waals surface area contributed by atoms with Gasteiger partial charge in [0.2, 0.25) is 0 Å². The Kier molecular flexibility index (Phi) is 9.80. The lowest BCUT2D eigenvalue weighted by Crippen LogP contribution is -2.13. The lowest BCUT2D eigenvalue weighted by molar-refractivity contribution is 1.10. The maximum absolute atomic E-state index is 3.75. The van der Waals surface area contributed by atoms with E-state index >= 15 is 0 Å². The average Bonchev–Trinajstić information content (AvgIpc) is 3.28. The normalized spacial score (nSPS) is 14.1. The predicted molar refractivity (Wildman–Crippen MR) is 210 cm³/mol. The molecule has 0 aliphatic carbocycles. The van der Waals surface area contributed by atoms with E-state index in [0.29, 0.717) is 0 Å². The molecule has 0 unspecified atom stereocenters. The number of hydrogen-bond donors (Lipinski definition) is 0. The number of nitrogens with zero attached hydrogens (tertiary/aromatic N) is 4. The molecule has 4 aromatic rings. The molecule has 240 valence electrons. The summed E-state index contributed by atoms with van der Waals surface area (Å²) in [6, 6.07) is 34.5. The standard InChI is InChI=1S/C42H46N4S/c1-43(2)35-25-31(26-36(29-35)44(3)4)21-23-39-41(33-17-13-11-14-18-33)42(34-19-15-12-16-20-34)40(47(39,9)10)24-22-32-27-37(45(5)6)30-38(28-32)46(7)8/h11-20,25-30H,1-10H3. The van der Waals surface area contributed by atoms with E-state index in [1.807, 2.05) is 0 Å². The van der Waals surface area contributed by atoms with Gasteiger partial charge >= 0.3 is 0 Å². The average molecular weight is 639 g/mol. The maximum Gasteiger partial charge on any atom is 0.0534 e. The SMILES string of the molecule is CN(C)c1cc(C#CC2=C(c3ccccc3)C(c3ccccc3)=C(C#Cc3cc(N(C)C)cc(N(C)C)c3)S2(C)C)cc(N(C)C)c1. The zero-order valence-corrected chi connectivity index (χ0v) is 30.3. The second-order valence-corrected chi connectivity index (χ2v) is 16.5. The molecule has 1 aliphatic heterocycles. The van der Waals surface area contributed by atoms with Crippen molar-refractivity contribution in [3.8, 4) is 23.7 Å². The van der Waals surface area contributed by atoms with Crippen LogP contribution in [0.5, 0.6) is 0 Å². The van der Waals surface area contributed by atoms with Gasteiger partial charge in [-0.3, -0.25) is 0 Å². The van der Waals surface area contributed by atoms with Crippen LogP contribution in [0, 0.1) is 23.7 Å². The number of allylic oxidation sites excluding steroid dienone is 4. The van der Waals surface area contributed by atoms with E-state index < -0.39 is 10.0 Å². The van der Waals surface area contributed by atoms with Gasteiger partial charge in [0, 0.05) is 101 Å². The van der Waals surface area contributed by atoms with Crippen molar-refractivity contribution in [2.24, 2.45) is 0 Å². The third-order valence-electron chi connectivity index (χ3n) is 8.36. The Morgan fingerprint density at radius 2 is 0.702 bits per heavy atom. The minimum Gasteiger partial charge on any atom is -0.378 e. The van der Waals surface area contributed by atoms with E-state index in [9.17, 15) is 0 Å². The summed E-state index contributed by atoms with van der Waals surface area (Å²) in [6.45, 7) is 0. The highest BCUT2D eigenvalue weighted by atomic mass is 32.3. The molecule has 0 amide bonds. The molecule has 0 radical (unpaired) electrons. The van der Waals surface area contributed by atoms with Gasteiger partial charge in [0.05, 0.1) is 9.81 Å². The predicted octanol–water partition coefficient (Wildman–Crippen LogP) is 8.25. The Morgan fingerprint density at radius 1 is 0.404 bits per heavy atom. The molecule has 0 fully saturated rings. The molecule has 0 saturated heterocycles. The Hall–Kier alpha value is -4.97. The fourth-order valence-electron chi connectivity index (χ4n) is 5.61. The molecule has 47 heavy (non-hydrogen) atoms. The zero-order valence-electron chi connectivity index (χ0n) is 29.4. The van der Waals surface area contributed by atoms with Crippen molar-refractivity contribution in [1.82, 2.24) is 0 Å². The molecule has 0 aromatic heterocycles. The van der Waals surface area contributed by atoms with Crippen molar-refractivity contribution < 1.29 is 0 Å². The lowest BCUT2D eigenvalue weighted by Gasteiger charge is -2.28. The van der Waals surface area contributed by atoms with Crippen molar-refractivity contribution in [3.05, 3.63) is 129 Å². The van der Waals surface area contributed by atoms with Gasteiger partial charge in [-0.2, -0.15) is 10.0 Å². The van der Waals surface area contributed by atoms with Crippen molar-refractivity contribution in [2.45, 2.75) is 0 Å². The summed E-state index contributed by atoms with van der Waals surface area (Å²) in [6.07, 6.45) is 4.70. The van der Waals surface area contributed by atoms with Crippen LogP contribution in [-0.2, 0) is 0 Å². The van der Waals surface area contributed by atoms with Gasteiger partial charge in [0.15, 0.2) is 0 Å². The maximum atomic E-state index is 3.75. The minimum atomic E-state index is -1.60. The quantitative estimate of drug-likeness (QED) is 0.197. The minimum absolute atomic E-state index is 0.993.